The average Bonchev–Trinajstić information content (AvgIpc) is 2.40. The van der Waals surface area contributed by atoms with Gasteiger partial charge >= 0.3 is 0 Å². The van der Waals surface area contributed by atoms with Gasteiger partial charge in [-0.2, -0.15) is 0 Å². The maximum atomic E-state index is 5.45. The van der Waals surface area contributed by atoms with E-state index < -0.39 is 0 Å². The number of ether oxygens (including phenoxy) is 2. The number of rotatable bonds is 4. The lowest BCUT2D eigenvalue weighted by Gasteiger charge is -2.25. The van der Waals surface area contributed by atoms with Gasteiger partial charge < -0.3 is 14.8 Å². The Morgan fingerprint density at radius 2 is 2.18 bits per heavy atom. The molecule has 3 heteroatoms. The number of piperidine rings is 1. The first-order valence-corrected chi connectivity index (χ1v) is 6.24. The lowest BCUT2D eigenvalue weighted by Crippen LogP contribution is -2.27. The van der Waals surface area contributed by atoms with Gasteiger partial charge in [-0.05, 0) is 37.1 Å². The number of hydrogen-bond acceptors (Lipinski definition) is 3. The minimum absolute atomic E-state index is 0.426. The molecule has 1 aliphatic heterocycles. The molecule has 0 radical (unpaired) electrons. The van der Waals surface area contributed by atoms with Gasteiger partial charge in [0.05, 0.1) is 13.7 Å². The van der Waals surface area contributed by atoms with Crippen LogP contribution in [0.25, 0.3) is 0 Å². The predicted octanol–water partition coefficient (Wildman–Crippen LogP) is 2.66. The quantitative estimate of drug-likeness (QED) is 0.870. The lowest BCUT2D eigenvalue weighted by molar-refractivity contribution is 0.184. The second kappa shape index (κ2) is 6.03. The zero-order valence-electron chi connectivity index (χ0n) is 10.7. The summed E-state index contributed by atoms with van der Waals surface area (Å²) >= 11 is 0. The van der Waals surface area contributed by atoms with Crippen LogP contribution < -0.4 is 10.1 Å². The third-order valence-electron chi connectivity index (χ3n) is 3.29. The Labute approximate surface area is 103 Å². The molecule has 1 aliphatic rings. The number of benzene rings is 1. The van der Waals surface area contributed by atoms with E-state index in [0.717, 1.165) is 12.3 Å². The summed E-state index contributed by atoms with van der Waals surface area (Å²) < 4.78 is 10.6. The molecule has 1 saturated heterocycles. The molecule has 3 nitrogen and oxygen atoms in total. The summed E-state index contributed by atoms with van der Waals surface area (Å²) in [7, 11) is 3.46. The highest BCUT2D eigenvalue weighted by atomic mass is 16.5. The molecule has 1 unspecified atom stereocenters. The minimum atomic E-state index is 0.426. The van der Waals surface area contributed by atoms with Gasteiger partial charge in [0.1, 0.15) is 5.75 Å². The molecule has 1 atom stereocenters. The Hall–Kier alpha value is -1.06. The molecule has 1 heterocycles. The molecule has 17 heavy (non-hydrogen) atoms. The summed E-state index contributed by atoms with van der Waals surface area (Å²) in [5.74, 6) is 0.976. The smallest absolute Gasteiger partial charge is 0.123 e. The van der Waals surface area contributed by atoms with Crippen LogP contribution in [-0.2, 0) is 11.3 Å². The number of nitrogens with one attached hydrogen (secondary N) is 1. The van der Waals surface area contributed by atoms with Gasteiger partial charge in [-0.15, -0.1) is 0 Å². The van der Waals surface area contributed by atoms with Crippen LogP contribution in [0.3, 0.4) is 0 Å². The SMILES string of the molecule is COCc1ccc(OC)c(C2CCCCN2)c1. The van der Waals surface area contributed by atoms with Crippen LogP contribution >= 0.6 is 0 Å². The van der Waals surface area contributed by atoms with Crippen molar-refractivity contribution in [2.75, 3.05) is 20.8 Å². The van der Waals surface area contributed by atoms with Crippen molar-refractivity contribution in [1.29, 1.82) is 0 Å². The monoisotopic (exact) mass is 235 g/mol. The maximum absolute atomic E-state index is 5.45. The first-order valence-electron chi connectivity index (χ1n) is 6.24. The van der Waals surface area contributed by atoms with Gasteiger partial charge in [-0.3, -0.25) is 0 Å². The molecule has 1 N–H and O–H groups in total. The molecule has 94 valence electrons. The predicted molar refractivity (Wildman–Crippen MR) is 68.3 cm³/mol. The minimum Gasteiger partial charge on any atom is -0.496 e. The van der Waals surface area contributed by atoms with Gasteiger partial charge in [0.2, 0.25) is 0 Å². The summed E-state index contributed by atoms with van der Waals surface area (Å²) in [6.45, 7) is 1.76. The van der Waals surface area contributed by atoms with Crippen molar-refractivity contribution in [2.45, 2.75) is 31.9 Å². The Kier molecular flexibility index (Phi) is 4.40. The van der Waals surface area contributed by atoms with Crippen LogP contribution in [0.15, 0.2) is 18.2 Å². The van der Waals surface area contributed by atoms with Gasteiger partial charge in [-0.1, -0.05) is 12.5 Å². The van der Waals surface area contributed by atoms with E-state index in [1.807, 2.05) is 6.07 Å². The molecule has 0 spiro atoms. The molecular weight excluding hydrogens is 214 g/mol. The van der Waals surface area contributed by atoms with Crippen molar-refractivity contribution < 1.29 is 9.47 Å². The van der Waals surface area contributed by atoms with Gasteiger partial charge in [0, 0.05) is 18.7 Å². The normalized spacial score (nSPS) is 20.2. The molecule has 1 aromatic carbocycles. The van der Waals surface area contributed by atoms with Crippen LogP contribution in [0.2, 0.25) is 0 Å². The molecule has 0 amide bonds. The van der Waals surface area contributed by atoms with Gasteiger partial charge in [0.15, 0.2) is 0 Å². The Morgan fingerprint density at radius 1 is 1.29 bits per heavy atom. The van der Waals surface area contributed by atoms with E-state index in [2.05, 4.69) is 17.4 Å². The average molecular weight is 235 g/mol. The Morgan fingerprint density at radius 3 is 2.82 bits per heavy atom. The molecule has 0 bridgehead atoms. The maximum Gasteiger partial charge on any atom is 0.123 e. The summed E-state index contributed by atoms with van der Waals surface area (Å²) in [6.07, 6.45) is 3.75. The van der Waals surface area contributed by atoms with Crippen LogP contribution in [0.1, 0.15) is 36.4 Å². The molecule has 0 aliphatic carbocycles. The zero-order chi connectivity index (χ0) is 12.1. The molecular formula is C14H21NO2. The first kappa shape index (κ1) is 12.4. The van der Waals surface area contributed by atoms with Crippen molar-refractivity contribution in [3.63, 3.8) is 0 Å². The van der Waals surface area contributed by atoms with Crippen LogP contribution in [-0.4, -0.2) is 20.8 Å². The number of methoxy groups -OCH3 is 2. The van der Waals surface area contributed by atoms with E-state index in [4.69, 9.17) is 9.47 Å². The fourth-order valence-electron chi connectivity index (χ4n) is 2.43. The zero-order valence-corrected chi connectivity index (χ0v) is 10.7. The second-order valence-corrected chi connectivity index (χ2v) is 4.51. The fraction of sp³-hybridized carbons (Fsp3) is 0.571. The van der Waals surface area contributed by atoms with Crippen LogP contribution in [0.5, 0.6) is 5.75 Å². The van der Waals surface area contributed by atoms with Crippen molar-refractivity contribution >= 4 is 0 Å². The van der Waals surface area contributed by atoms with E-state index in [-0.39, 0.29) is 0 Å². The third kappa shape index (κ3) is 2.99. The Bertz CT molecular complexity index is 359. The van der Waals surface area contributed by atoms with E-state index in [1.54, 1.807) is 14.2 Å². The van der Waals surface area contributed by atoms with Crippen LogP contribution in [0, 0.1) is 0 Å². The van der Waals surface area contributed by atoms with E-state index in [9.17, 15) is 0 Å². The lowest BCUT2D eigenvalue weighted by atomic mass is 9.95. The Balaban J connectivity index is 2.24. The van der Waals surface area contributed by atoms with Crippen molar-refractivity contribution in [2.24, 2.45) is 0 Å². The molecule has 1 fully saturated rings. The molecule has 0 saturated carbocycles. The van der Waals surface area contributed by atoms with Crippen molar-refractivity contribution in [3.8, 4) is 5.75 Å². The first-order chi connectivity index (χ1) is 8.35. The summed E-state index contributed by atoms with van der Waals surface area (Å²) in [6, 6.07) is 6.73. The van der Waals surface area contributed by atoms with Gasteiger partial charge in [-0.25, -0.2) is 0 Å². The standard InChI is InChI=1S/C14H21NO2/c1-16-10-11-6-7-14(17-2)12(9-11)13-5-3-4-8-15-13/h6-7,9,13,15H,3-5,8,10H2,1-2H3. The molecule has 2 rings (SSSR count). The topological polar surface area (TPSA) is 30.5 Å². The summed E-state index contributed by atoms with van der Waals surface area (Å²) in [4.78, 5) is 0. The highest BCUT2D eigenvalue weighted by molar-refractivity contribution is 5.39. The highest BCUT2D eigenvalue weighted by Gasteiger charge is 2.18. The van der Waals surface area contributed by atoms with Crippen molar-refractivity contribution in [1.82, 2.24) is 5.32 Å². The number of hydrogen-bond donors (Lipinski definition) is 1. The third-order valence-corrected chi connectivity index (χ3v) is 3.29. The summed E-state index contributed by atoms with van der Waals surface area (Å²) in [5, 5.41) is 3.56. The van der Waals surface area contributed by atoms with Crippen LogP contribution in [0.4, 0.5) is 0 Å². The highest BCUT2D eigenvalue weighted by Crippen LogP contribution is 2.31. The molecule has 0 aromatic heterocycles. The second-order valence-electron chi connectivity index (χ2n) is 4.51. The van der Waals surface area contributed by atoms with E-state index in [1.165, 1.54) is 30.4 Å². The van der Waals surface area contributed by atoms with Crippen molar-refractivity contribution in [3.05, 3.63) is 29.3 Å². The van der Waals surface area contributed by atoms with Gasteiger partial charge in [0.25, 0.3) is 0 Å². The summed E-state index contributed by atoms with van der Waals surface area (Å²) in [5.41, 5.74) is 2.47. The fourth-order valence-corrected chi connectivity index (χ4v) is 2.43. The van der Waals surface area contributed by atoms with E-state index in [0.29, 0.717) is 12.6 Å². The largest absolute Gasteiger partial charge is 0.496 e. The molecule has 1 aromatic rings. The van der Waals surface area contributed by atoms with E-state index >= 15 is 0 Å².